The predicted molar refractivity (Wildman–Crippen MR) is 198 cm³/mol. The molecule has 0 amide bonds. The average Bonchev–Trinajstić information content (AvgIpc) is 3.60. The Hall–Kier alpha value is 0.0700. The molecule has 5 saturated heterocycles. The average molecular weight is 643 g/mol. The first kappa shape index (κ1) is 42.1. The maximum atomic E-state index is 5.21. The van der Waals surface area contributed by atoms with Crippen molar-refractivity contribution in [2.45, 2.75) is 132 Å². The van der Waals surface area contributed by atoms with Gasteiger partial charge < -0.3 is 19.9 Å². The molecular formula is C36H78N6OS. The van der Waals surface area contributed by atoms with Gasteiger partial charge in [-0.2, -0.15) is 11.8 Å². The standard InChI is InChI=1S/C8H17N.C7H16N2.C7H15NO.C7H15NS.C7H15N/c1-8(2)9-6-4-3-5-7-9;1-7(2)9-5-3-8-4-6-9;2*1-7(2)8-3-5-9-6-4-8;1-7(2)8-5-3-4-6-8/h8H,3-7H2,1-2H3;7-8H,3-6H2,1-2H3;2*7H,3-6H2,1-2H3;7H,3-6H2,1-2H3. The molecule has 44 heavy (non-hydrogen) atoms. The number of likely N-dealkylation sites (tertiary alicyclic amines) is 2. The summed E-state index contributed by atoms with van der Waals surface area (Å²) < 4.78 is 5.21. The Kier molecular flexibility index (Phi) is 24.9. The lowest BCUT2D eigenvalue weighted by molar-refractivity contribution is 0.0238. The molecule has 1 N–H and O–H groups in total. The molecule has 264 valence electrons. The molecule has 0 saturated carbocycles. The third-order valence-electron chi connectivity index (χ3n) is 9.43. The van der Waals surface area contributed by atoms with E-state index in [-0.39, 0.29) is 0 Å². The van der Waals surface area contributed by atoms with Crippen molar-refractivity contribution >= 4 is 11.8 Å². The fraction of sp³-hybridized carbons (Fsp3) is 1.00. The number of thioether (sulfide) groups is 1. The Morgan fingerprint density at radius 2 is 0.727 bits per heavy atom. The highest BCUT2D eigenvalue weighted by Gasteiger charge is 2.15. The zero-order valence-electron chi connectivity index (χ0n) is 31.3. The summed E-state index contributed by atoms with van der Waals surface area (Å²) in [5.41, 5.74) is 0. The van der Waals surface area contributed by atoms with E-state index in [0.29, 0.717) is 6.04 Å². The first-order valence-corrected chi connectivity index (χ1v) is 19.7. The minimum Gasteiger partial charge on any atom is -0.379 e. The van der Waals surface area contributed by atoms with Gasteiger partial charge in [0.25, 0.3) is 0 Å². The lowest BCUT2D eigenvalue weighted by atomic mass is 10.1. The number of ether oxygens (including phenoxy) is 1. The first-order chi connectivity index (χ1) is 21.0. The molecule has 5 aliphatic rings. The molecule has 7 nitrogen and oxygen atoms in total. The van der Waals surface area contributed by atoms with Crippen LogP contribution in [0.5, 0.6) is 0 Å². The van der Waals surface area contributed by atoms with Crippen molar-refractivity contribution in [1.82, 2.24) is 29.8 Å². The fourth-order valence-corrected chi connectivity index (χ4v) is 7.01. The SMILES string of the molecule is CC(C)N1CCCC1.CC(C)N1CCCCC1.CC(C)N1CCNCC1.CC(C)N1CCOCC1.CC(C)N1CCSCC1. The van der Waals surface area contributed by atoms with Crippen LogP contribution in [0.3, 0.4) is 0 Å². The zero-order chi connectivity index (χ0) is 32.7. The molecule has 5 fully saturated rings. The third kappa shape index (κ3) is 20.3. The Morgan fingerprint density at radius 3 is 1.02 bits per heavy atom. The van der Waals surface area contributed by atoms with Crippen LogP contribution in [0.15, 0.2) is 0 Å². The number of hydrogen-bond donors (Lipinski definition) is 1. The minimum atomic E-state index is 0.689. The number of hydrogen-bond acceptors (Lipinski definition) is 8. The van der Waals surface area contributed by atoms with E-state index in [1.807, 2.05) is 0 Å². The van der Waals surface area contributed by atoms with Crippen molar-refractivity contribution in [2.24, 2.45) is 0 Å². The van der Waals surface area contributed by atoms with Crippen LogP contribution in [0.4, 0.5) is 0 Å². The smallest absolute Gasteiger partial charge is 0.0594 e. The molecule has 0 aromatic carbocycles. The molecule has 0 spiro atoms. The zero-order valence-corrected chi connectivity index (χ0v) is 32.1. The summed E-state index contributed by atoms with van der Waals surface area (Å²) in [6.45, 7) is 39.3. The van der Waals surface area contributed by atoms with Crippen LogP contribution in [-0.4, -0.2) is 158 Å². The van der Waals surface area contributed by atoms with E-state index < -0.39 is 0 Å². The first-order valence-electron chi connectivity index (χ1n) is 18.6. The Morgan fingerprint density at radius 1 is 0.409 bits per heavy atom. The van der Waals surface area contributed by atoms with Gasteiger partial charge in [0.15, 0.2) is 0 Å². The molecule has 0 aliphatic carbocycles. The van der Waals surface area contributed by atoms with Crippen molar-refractivity contribution < 1.29 is 4.74 Å². The van der Waals surface area contributed by atoms with E-state index in [4.69, 9.17) is 4.74 Å². The normalized spacial score (nSPS) is 23.0. The topological polar surface area (TPSA) is 37.5 Å². The summed E-state index contributed by atoms with van der Waals surface area (Å²) in [6, 6.07) is 3.72. The summed E-state index contributed by atoms with van der Waals surface area (Å²) in [7, 11) is 0. The Balaban J connectivity index is 0.000000275. The van der Waals surface area contributed by atoms with Gasteiger partial charge in [0.05, 0.1) is 13.2 Å². The van der Waals surface area contributed by atoms with Gasteiger partial charge in [0, 0.05) is 94.1 Å². The lowest BCUT2D eigenvalue weighted by Gasteiger charge is -2.30. The second-order valence-electron chi connectivity index (χ2n) is 14.4. The summed E-state index contributed by atoms with van der Waals surface area (Å²) in [4.78, 5) is 12.6. The number of nitrogens with zero attached hydrogens (tertiary/aromatic N) is 5. The minimum absolute atomic E-state index is 0.689. The molecule has 5 aliphatic heterocycles. The van der Waals surface area contributed by atoms with Crippen LogP contribution < -0.4 is 5.32 Å². The van der Waals surface area contributed by atoms with E-state index in [9.17, 15) is 0 Å². The number of morpholine rings is 1. The van der Waals surface area contributed by atoms with Gasteiger partial charge in [-0.25, -0.2) is 0 Å². The largest absolute Gasteiger partial charge is 0.379 e. The fourth-order valence-electron chi connectivity index (χ4n) is 6.08. The van der Waals surface area contributed by atoms with Crippen molar-refractivity contribution in [3.63, 3.8) is 0 Å². The van der Waals surface area contributed by atoms with Gasteiger partial charge >= 0.3 is 0 Å². The molecule has 0 unspecified atom stereocenters. The lowest BCUT2D eigenvalue weighted by Crippen LogP contribution is -2.46. The van der Waals surface area contributed by atoms with E-state index in [1.165, 1.54) is 96.0 Å². The Labute approximate surface area is 280 Å². The van der Waals surface area contributed by atoms with Crippen molar-refractivity contribution in [1.29, 1.82) is 0 Å². The molecule has 0 aromatic heterocycles. The quantitative estimate of drug-likeness (QED) is 0.401. The highest BCUT2D eigenvalue weighted by molar-refractivity contribution is 7.99. The number of rotatable bonds is 5. The molecule has 0 aromatic rings. The van der Waals surface area contributed by atoms with E-state index in [0.717, 1.165) is 63.6 Å². The van der Waals surface area contributed by atoms with Gasteiger partial charge in [-0.3, -0.25) is 14.7 Å². The van der Waals surface area contributed by atoms with E-state index in [1.54, 1.807) is 0 Å². The molecule has 0 radical (unpaired) electrons. The van der Waals surface area contributed by atoms with Crippen molar-refractivity contribution in [2.75, 3.05) is 103 Å². The van der Waals surface area contributed by atoms with Gasteiger partial charge in [-0.15, -0.1) is 0 Å². The maximum Gasteiger partial charge on any atom is 0.0594 e. The van der Waals surface area contributed by atoms with Gasteiger partial charge in [0.1, 0.15) is 0 Å². The van der Waals surface area contributed by atoms with Crippen molar-refractivity contribution in [3.05, 3.63) is 0 Å². The maximum absolute atomic E-state index is 5.21. The molecule has 5 rings (SSSR count). The van der Waals surface area contributed by atoms with Crippen LogP contribution in [0, 0.1) is 0 Å². The van der Waals surface area contributed by atoms with Crippen LogP contribution >= 0.6 is 11.8 Å². The van der Waals surface area contributed by atoms with Gasteiger partial charge in [0.2, 0.25) is 0 Å². The number of nitrogens with one attached hydrogen (secondary N) is 1. The molecule has 0 atom stereocenters. The second kappa shape index (κ2) is 26.1. The highest BCUT2D eigenvalue weighted by Crippen LogP contribution is 2.12. The molecule has 8 heteroatoms. The van der Waals surface area contributed by atoms with Crippen LogP contribution in [-0.2, 0) is 4.74 Å². The molecular weight excluding hydrogens is 565 g/mol. The number of piperazine rings is 1. The van der Waals surface area contributed by atoms with E-state index in [2.05, 4.69) is 111 Å². The monoisotopic (exact) mass is 643 g/mol. The molecule has 0 bridgehead atoms. The van der Waals surface area contributed by atoms with Crippen LogP contribution in [0.25, 0.3) is 0 Å². The molecule has 5 heterocycles. The highest BCUT2D eigenvalue weighted by atomic mass is 32.2. The van der Waals surface area contributed by atoms with Gasteiger partial charge in [-0.1, -0.05) is 6.42 Å². The number of piperidine rings is 1. The summed E-state index contributed by atoms with van der Waals surface area (Å²) in [5, 5.41) is 3.33. The third-order valence-corrected chi connectivity index (χ3v) is 10.4. The second-order valence-corrected chi connectivity index (χ2v) is 15.6. The van der Waals surface area contributed by atoms with Gasteiger partial charge in [-0.05, 0) is 121 Å². The summed E-state index contributed by atoms with van der Waals surface area (Å²) >= 11 is 2.07. The summed E-state index contributed by atoms with van der Waals surface area (Å²) in [6.07, 6.45) is 7.11. The van der Waals surface area contributed by atoms with E-state index >= 15 is 0 Å². The van der Waals surface area contributed by atoms with Crippen LogP contribution in [0.1, 0.15) is 101 Å². The Bertz CT molecular complexity index is 532. The van der Waals surface area contributed by atoms with Crippen molar-refractivity contribution in [3.8, 4) is 0 Å². The predicted octanol–water partition coefficient (Wildman–Crippen LogP) is 5.84. The summed E-state index contributed by atoms with van der Waals surface area (Å²) in [5.74, 6) is 2.66. The van der Waals surface area contributed by atoms with Crippen LogP contribution in [0.2, 0.25) is 0 Å².